The van der Waals surface area contributed by atoms with Crippen molar-refractivity contribution in [3.8, 4) is 0 Å². The molecule has 2 aromatic carbocycles. The van der Waals surface area contributed by atoms with Crippen molar-refractivity contribution >= 4 is 29.4 Å². The Morgan fingerprint density at radius 2 is 1.80 bits per heavy atom. The number of benzene rings is 2. The number of hydrogen-bond acceptors (Lipinski definition) is 12. The normalized spacial score (nSPS) is 19.8. The number of carbonyl (C=O) groups excluding carboxylic acids is 1. The summed E-state index contributed by atoms with van der Waals surface area (Å²) in [6.45, 7) is 2.80. The average molecular weight is 600 g/mol. The zero-order valence-electron chi connectivity index (χ0n) is 24.0. The molecule has 0 spiro atoms. The van der Waals surface area contributed by atoms with Gasteiger partial charge in [-0.3, -0.25) is 9.36 Å². The summed E-state index contributed by atoms with van der Waals surface area (Å²) in [5, 5.41) is 31.2. The van der Waals surface area contributed by atoms with Gasteiger partial charge in [0.15, 0.2) is 41.2 Å². The lowest BCUT2D eigenvalue weighted by atomic mass is 9.91. The first-order chi connectivity index (χ1) is 21.6. The van der Waals surface area contributed by atoms with Crippen molar-refractivity contribution in [2.24, 2.45) is 0 Å². The van der Waals surface area contributed by atoms with Gasteiger partial charge in [0, 0.05) is 25.1 Å². The molecule has 0 radical (unpaired) electrons. The molecule has 1 aliphatic rings. The van der Waals surface area contributed by atoms with Crippen molar-refractivity contribution in [2.45, 2.75) is 43.8 Å². The minimum atomic E-state index is -1.28. The Kier molecular flexibility index (Phi) is 8.77. The number of ether oxygens (including phenoxy) is 2. The lowest BCUT2D eigenvalue weighted by Gasteiger charge is -2.20. The third kappa shape index (κ3) is 5.84. The molecule has 0 saturated carbocycles. The molecule has 4 atom stereocenters. The number of carbonyl (C=O) groups is 1. The SMILES string of the molecule is CCc1cc([C@H]2O[C@@H](n3cnc4c(NCC(c5ccccc5)c5ccccc5)nc(NCCO)nc43)[C@H](O)[C@@H]2OC=O)on1. The molecule has 1 saturated heterocycles. The molecule has 3 aromatic heterocycles. The van der Waals surface area contributed by atoms with Crippen LogP contribution >= 0.6 is 0 Å². The summed E-state index contributed by atoms with van der Waals surface area (Å²) >= 11 is 0. The molecule has 1 aliphatic heterocycles. The zero-order chi connectivity index (χ0) is 30.5. The fourth-order valence-corrected chi connectivity index (χ4v) is 5.42. The standard InChI is InChI=1S/C31H33N7O6/c1-2-21-15-23(44-37-21)26-27(42-18-40)25(41)30(43-26)38-17-34-24-28(35-31(32-13-14-39)36-29(24)38)33-16-22(19-9-5-3-6-10-19)20-11-7-4-8-12-20/h3-12,15,17-18,22,25-27,30,39,41H,2,13-14,16H2,1H3,(H2,32,33,35,36)/t25-,26-,27+,30-/m1/s1. The van der Waals surface area contributed by atoms with Crippen molar-refractivity contribution < 1.29 is 29.0 Å². The minimum absolute atomic E-state index is 0.00950. The summed E-state index contributed by atoms with van der Waals surface area (Å²) in [6, 6.07) is 22.1. The minimum Gasteiger partial charge on any atom is -0.458 e. The molecule has 228 valence electrons. The maximum Gasteiger partial charge on any atom is 0.293 e. The lowest BCUT2D eigenvalue weighted by Crippen LogP contribution is -2.31. The van der Waals surface area contributed by atoms with Gasteiger partial charge < -0.3 is 34.8 Å². The predicted molar refractivity (Wildman–Crippen MR) is 160 cm³/mol. The van der Waals surface area contributed by atoms with E-state index in [-0.39, 0.29) is 31.5 Å². The number of fused-ring (bicyclic) bond motifs is 1. The monoisotopic (exact) mass is 599 g/mol. The molecule has 1 fully saturated rings. The Balaban J connectivity index is 1.35. The molecule has 44 heavy (non-hydrogen) atoms. The van der Waals surface area contributed by atoms with E-state index >= 15 is 0 Å². The van der Waals surface area contributed by atoms with E-state index < -0.39 is 24.5 Å². The van der Waals surface area contributed by atoms with Crippen LogP contribution in [0.4, 0.5) is 11.8 Å². The second-order valence-corrected chi connectivity index (χ2v) is 10.3. The van der Waals surface area contributed by atoms with Crippen molar-refractivity contribution in [3.63, 3.8) is 0 Å². The van der Waals surface area contributed by atoms with Gasteiger partial charge in [0.05, 0.1) is 18.6 Å². The summed E-state index contributed by atoms with van der Waals surface area (Å²) in [5.74, 6) is 1.04. The van der Waals surface area contributed by atoms with Gasteiger partial charge in [0.1, 0.15) is 6.10 Å². The summed E-state index contributed by atoms with van der Waals surface area (Å²) < 4.78 is 18.5. The molecular weight excluding hydrogens is 566 g/mol. The van der Waals surface area contributed by atoms with E-state index in [9.17, 15) is 15.0 Å². The molecule has 5 aromatic rings. The number of rotatable bonds is 13. The van der Waals surface area contributed by atoms with Crippen molar-refractivity contribution in [3.05, 3.63) is 95.6 Å². The maximum atomic E-state index is 11.4. The van der Waals surface area contributed by atoms with E-state index in [1.807, 2.05) is 43.3 Å². The van der Waals surface area contributed by atoms with Gasteiger partial charge >= 0.3 is 0 Å². The van der Waals surface area contributed by atoms with Crippen molar-refractivity contribution in [1.82, 2.24) is 24.7 Å². The van der Waals surface area contributed by atoms with Crippen molar-refractivity contribution in [2.75, 3.05) is 30.3 Å². The third-order valence-corrected chi connectivity index (χ3v) is 7.61. The highest BCUT2D eigenvalue weighted by atomic mass is 16.6. The predicted octanol–water partition coefficient (Wildman–Crippen LogP) is 3.20. The number of aryl methyl sites for hydroxylation is 1. The van der Waals surface area contributed by atoms with E-state index in [1.54, 1.807) is 10.6 Å². The summed E-state index contributed by atoms with van der Waals surface area (Å²) in [6.07, 6.45) is -2.14. The van der Waals surface area contributed by atoms with Gasteiger partial charge in [-0.1, -0.05) is 72.7 Å². The number of hydrogen-bond donors (Lipinski definition) is 4. The highest BCUT2D eigenvalue weighted by molar-refractivity contribution is 5.84. The van der Waals surface area contributed by atoms with E-state index in [2.05, 4.69) is 55.0 Å². The lowest BCUT2D eigenvalue weighted by molar-refractivity contribution is -0.140. The van der Waals surface area contributed by atoms with Gasteiger partial charge in [-0.15, -0.1) is 0 Å². The Hall–Kier alpha value is -4.85. The van der Waals surface area contributed by atoms with Crippen LogP contribution < -0.4 is 10.6 Å². The first-order valence-corrected chi connectivity index (χ1v) is 14.4. The quantitative estimate of drug-likeness (QED) is 0.146. The topological polar surface area (TPSA) is 170 Å². The number of aromatic nitrogens is 5. The number of nitrogens with one attached hydrogen (secondary N) is 2. The highest BCUT2D eigenvalue weighted by Crippen LogP contribution is 2.42. The highest BCUT2D eigenvalue weighted by Gasteiger charge is 2.49. The molecule has 0 bridgehead atoms. The number of nitrogens with zero attached hydrogens (tertiary/aromatic N) is 5. The number of aliphatic hydroxyl groups excluding tert-OH is 2. The molecule has 4 heterocycles. The molecule has 6 rings (SSSR count). The number of imidazole rings is 1. The Morgan fingerprint density at radius 1 is 1.07 bits per heavy atom. The average Bonchev–Trinajstić information content (AvgIpc) is 3.79. The fourth-order valence-electron chi connectivity index (χ4n) is 5.42. The Bertz CT molecular complexity index is 1640. The van der Waals surface area contributed by atoms with Crippen LogP contribution in [0, 0.1) is 0 Å². The third-order valence-electron chi connectivity index (χ3n) is 7.61. The second kappa shape index (κ2) is 13.2. The van der Waals surface area contributed by atoms with Gasteiger partial charge in [0.25, 0.3) is 6.47 Å². The molecule has 0 aliphatic carbocycles. The first kappa shape index (κ1) is 29.2. The van der Waals surface area contributed by atoms with Crippen LogP contribution in [0.2, 0.25) is 0 Å². The maximum absolute atomic E-state index is 11.4. The second-order valence-electron chi connectivity index (χ2n) is 10.3. The van der Waals surface area contributed by atoms with Crippen LogP contribution in [-0.4, -0.2) is 73.3 Å². The van der Waals surface area contributed by atoms with E-state index in [0.717, 1.165) is 11.1 Å². The first-order valence-electron chi connectivity index (χ1n) is 14.4. The van der Waals surface area contributed by atoms with E-state index in [1.165, 1.54) is 6.33 Å². The number of aliphatic hydroxyl groups is 2. The molecule has 0 unspecified atom stereocenters. The van der Waals surface area contributed by atoms with Gasteiger partial charge in [-0.05, 0) is 17.5 Å². The van der Waals surface area contributed by atoms with E-state index in [4.69, 9.17) is 14.0 Å². The van der Waals surface area contributed by atoms with Crippen LogP contribution in [0.5, 0.6) is 0 Å². The van der Waals surface area contributed by atoms with Gasteiger partial charge in [-0.2, -0.15) is 9.97 Å². The van der Waals surface area contributed by atoms with Crippen LogP contribution in [0.25, 0.3) is 11.2 Å². The summed E-state index contributed by atoms with van der Waals surface area (Å²) in [5.41, 5.74) is 3.77. The zero-order valence-corrected chi connectivity index (χ0v) is 24.0. The smallest absolute Gasteiger partial charge is 0.293 e. The fraction of sp³-hybridized carbons (Fsp3) is 0.323. The molecule has 0 amide bonds. The van der Waals surface area contributed by atoms with Crippen LogP contribution in [0.1, 0.15) is 47.8 Å². The Morgan fingerprint density at radius 3 is 2.43 bits per heavy atom. The van der Waals surface area contributed by atoms with Gasteiger partial charge in [0.2, 0.25) is 5.95 Å². The summed E-state index contributed by atoms with van der Waals surface area (Å²) in [7, 11) is 0. The van der Waals surface area contributed by atoms with E-state index in [0.29, 0.717) is 41.4 Å². The molecular formula is C31H33N7O6. The van der Waals surface area contributed by atoms with Crippen LogP contribution in [0.15, 0.2) is 77.6 Å². The Labute approximate surface area is 252 Å². The summed E-state index contributed by atoms with van der Waals surface area (Å²) in [4.78, 5) is 25.2. The van der Waals surface area contributed by atoms with Gasteiger partial charge in [-0.25, -0.2) is 4.98 Å². The molecule has 4 N–H and O–H groups in total. The van der Waals surface area contributed by atoms with Crippen molar-refractivity contribution in [1.29, 1.82) is 0 Å². The molecule has 13 heteroatoms. The van der Waals surface area contributed by atoms with Crippen LogP contribution in [-0.2, 0) is 20.7 Å². The van der Waals surface area contributed by atoms with Crippen LogP contribution in [0.3, 0.4) is 0 Å². The largest absolute Gasteiger partial charge is 0.458 e. The number of anilines is 2. The molecule has 13 nitrogen and oxygen atoms in total.